The van der Waals surface area contributed by atoms with Crippen LogP contribution in [0.25, 0.3) is 0 Å². The van der Waals surface area contributed by atoms with Crippen molar-refractivity contribution in [3.63, 3.8) is 0 Å². The molecule has 0 amide bonds. The molecule has 0 spiro atoms. The first-order valence-corrected chi connectivity index (χ1v) is 9.40. The lowest BCUT2D eigenvalue weighted by Crippen LogP contribution is -2.16. The second kappa shape index (κ2) is 7.79. The Labute approximate surface area is 132 Å². The van der Waals surface area contributed by atoms with E-state index < -0.39 is 7.14 Å². The molecule has 0 aromatic carbocycles. The fourth-order valence-corrected chi connectivity index (χ4v) is 4.17. The maximum absolute atomic E-state index is 12.8. The molecule has 0 aliphatic heterocycles. The standard InChI is InChI=1S/C14H27N4O3P/c1-9(2)22(19,10(3)4)8-20-6-7-21-13-11(5)12(15)17-14(16)18-13/h9-10H,6-8H2,1-5H3,(H4,15,16,17,18). The largest absolute Gasteiger partial charge is 0.475 e. The number of nitrogen functional groups attached to an aromatic ring is 2. The first kappa shape index (κ1) is 18.7. The summed E-state index contributed by atoms with van der Waals surface area (Å²) in [4.78, 5) is 7.84. The third-order valence-corrected chi connectivity index (χ3v) is 7.75. The van der Waals surface area contributed by atoms with E-state index in [1.807, 2.05) is 27.7 Å². The lowest BCUT2D eigenvalue weighted by molar-refractivity contribution is 0.127. The Kier molecular flexibility index (Phi) is 6.63. The summed E-state index contributed by atoms with van der Waals surface area (Å²) in [5.41, 5.74) is 12.1. The Balaban J connectivity index is 2.48. The second-order valence-electron chi connectivity index (χ2n) is 5.82. The molecule has 8 heteroatoms. The molecule has 0 saturated heterocycles. The van der Waals surface area contributed by atoms with Crippen LogP contribution in [0.1, 0.15) is 33.3 Å². The van der Waals surface area contributed by atoms with E-state index >= 15 is 0 Å². The van der Waals surface area contributed by atoms with Crippen molar-refractivity contribution < 1.29 is 14.0 Å². The molecule has 0 unspecified atom stereocenters. The molecule has 1 aromatic rings. The van der Waals surface area contributed by atoms with E-state index in [0.29, 0.717) is 23.9 Å². The number of aromatic nitrogens is 2. The Morgan fingerprint density at radius 2 is 1.68 bits per heavy atom. The van der Waals surface area contributed by atoms with Crippen molar-refractivity contribution in [2.45, 2.75) is 45.9 Å². The van der Waals surface area contributed by atoms with Crippen LogP contribution < -0.4 is 16.2 Å². The highest BCUT2D eigenvalue weighted by molar-refractivity contribution is 7.65. The van der Waals surface area contributed by atoms with E-state index in [1.54, 1.807) is 6.92 Å². The number of ether oxygens (including phenoxy) is 2. The molecular weight excluding hydrogens is 303 g/mol. The van der Waals surface area contributed by atoms with Gasteiger partial charge in [-0.25, -0.2) is 0 Å². The highest BCUT2D eigenvalue weighted by atomic mass is 31.2. The summed E-state index contributed by atoms with van der Waals surface area (Å²) in [5, 5.41) is 0. The zero-order valence-corrected chi connectivity index (χ0v) is 14.9. The van der Waals surface area contributed by atoms with E-state index in [-0.39, 0.29) is 30.2 Å². The minimum atomic E-state index is -2.34. The summed E-state index contributed by atoms with van der Waals surface area (Å²) < 4.78 is 23.8. The quantitative estimate of drug-likeness (QED) is 0.556. The normalized spacial score (nSPS) is 12.1. The van der Waals surface area contributed by atoms with Crippen LogP contribution in [0.15, 0.2) is 0 Å². The van der Waals surface area contributed by atoms with Crippen LogP contribution in [0.4, 0.5) is 11.8 Å². The molecule has 1 heterocycles. The molecule has 0 radical (unpaired) electrons. The van der Waals surface area contributed by atoms with Gasteiger partial charge in [-0.2, -0.15) is 9.97 Å². The van der Waals surface area contributed by atoms with Gasteiger partial charge in [-0.15, -0.1) is 0 Å². The van der Waals surface area contributed by atoms with Gasteiger partial charge in [-0.3, -0.25) is 0 Å². The topological polar surface area (TPSA) is 113 Å². The summed E-state index contributed by atoms with van der Waals surface area (Å²) in [6.45, 7) is 10.2. The van der Waals surface area contributed by atoms with Crippen LogP contribution in [-0.4, -0.2) is 40.8 Å². The summed E-state index contributed by atoms with van der Waals surface area (Å²) in [6.07, 6.45) is 0.263. The molecule has 0 aliphatic rings. The minimum Gasteiger partial charge on any atom is -0.475 e. The maximum atomic E-state index is 12.8. The van der Waals surface area contributed by atoms with Crippen LogP contribution in [0.5, 0.6) is 5.88 Å². The molecule has 0 bridgehead atoms. The van der Waals surface area contributed by atoms with E-state index in [9.17, 15) is 4.57 Å². The van der Waals surface area contributed by atoms with E-state index in [1.165, 1.54) is 0 Å². The first-order chi connectivity index (χ1) is 10.2. The van der Waals surface area contributed by atoms with Gasteiger partial charge < -0.3 is 25.5 Å². The van der Waals surface area contributed by atoms with Gasteiger partial charge in [0, 0.05) is 11.3 Å². The lowest BCUT2D eigenvalue weighted by atomic mass is 10.3. The van der Waals surface area contributed by atoms with Crippen LogP contribution in [0.3, 0.4) is 0 Å². The van der Waals surface area contributed by atoms with Crippen molar-refractivity contribution >= 4 is 18.9 Å². The molecule has 0 aliphatic carbocycles. The van der Waals surface area contributed by atoms with E-state index in [4.69, 9.17) is 20.9 Å². The molecule has 0 fully saturated rings. The van der Waals surface area contributed by atoms with Gasteiger partial charge in [0.05, 0.1) is 12.2 Å². The Morgan fingerprint density at radius 1 is 1.09 bits per heavy atom. The van der Waals surface area contributed by atoms with Crippen LogP contribution in [-0.2, 0) is 9.30 Å². The van der Waals surface area contributed by atoms with E-state index in [2.05, 4.69) is 9.97 Å². The maximum Gasteiger partial charge on any atom is 0.225 e. The minimum absolute atomic E-state index is 0.0723. The van der Waals surface area contributed by atoms with Gasteiger partial charge in [0.25, 0.3) is 0 Å². The second-order valence-corrected chi connectivity index (χ2v) is 9.86. The third-order valence-electron chi connectivity index (χ3n) is 3.66. The first-order valence-electron chi connectivity index (χ1n) is 7.37. The molecule has 1 aromatic heterocycles. The summed E-state index contributed by atoms with van der Waals surface area (Å²) in [5.74, 6) is 0.722. The fraction of sp³-hybridized carbons (Fsp3) is 0.714. The number of hydrogen-bond acceptors (Lipinski definition) is 7. The SMILES string of the molecule is Cc1c(N)nc(N)nc1OCCOCP(=O)(C(C)C)C(C)C. The lowest BCUT2D eigenvalue weighted by Gasteiger charge is -2.25. The van der Waals surface area contributed by atoms with Crippen molar-refractivity contribution in [1.82, 2.24) is 9.97 Å². The van der Waals surface area contributed by atoms with Gasteiger partial charge in [0.15, 0.2) is 0 Å². The zero-order valence-electron chi connectivity index (χ0n) is 14.0. The molecule has 1 rings (SSSR count). The molecule has 4 N–H and O–H groups in total. The zero-order chi connectivity index (χ0) is 16.9. The summed E-state index contributed by atoms with van der Waals surface area (Å²) >= 11 is 0. The summed E-state index contributed by atoms with van der Waals surface area (Å²) in [7, 11) is -2.34. The van der Waals surface area contributed by atoms with Crippen LogP contribution in [0, 0.1) is 6.92 Å². The predicted molar refractivity (Wildman–Crippen MR) is 89.8 cm³/mol. The van der Waals surface area contributed by atoms with Crippen molar-refractivity contribution in [2.24, 2.45) is 0 Å². The van der Waals surface area contributed by atoms with Crippen molar-refractivity contribution in [3.05, 3.63) is 5.56 Å². The van der Waals surface area contributed by atoms with Crippen LogP contribution in [0.2, 0.25) is 0 Å². The highest BCUT2D eigenvalue weighted by Crippen LogP contribution is 2.54. The van der Waals surface area contributed by atoms with Crippen molar-refractivity contribution in [1.29, 1.82) is 0 Å². The smallest absolute Gasteiger partial charge is 0.225 e. The number of nitrogens with two attached hydrogens (primary N) is 2. The number of rotatable bonds is 8. The molecule has 126 valence electrons. The van der Waals surface area contributed by atoms with Gasteiger partial charge in [0.1, 0.15) is 25.9 Å². The molecular formula is C14H27N4O3P. The van der Waals surface area contributed by atoms with Crippen molar-refractivity contribution in [3.8, 4) is 5.88 Å². The van der Waals surface area contributed by atoms with Crippen molar-refractivity contribution in [2.75, 3.05) is 31.0 Å². The summed E-state index contributed by atoms with van der Waals surface area (Å²) in [6, 6.07) is 0. The molecule has 22 heavy (non-hydrogen) atoms. The van der Waals surface area contributed by atoms with Gasteiger partial charge >= 0.3 is 0 Å². The monoisotopic (exact) mass is 330 g/mol. The molecule has 0 saturated carbocycles. The van der Waals surface area contributed by atoms with Gasteiger partial charge in [0.2, 0.25) is 11.8 Å². The highest BCUT2D eigenvalue weighted by Gasteiger charge is 2.30. The fourth-order valence-electron chi connectivity index (χ4n) is 1.97. The number of nitrogens with zero attached hydrogens (tertiary/aromatic N) is 2. The average molecular weight is 330 g/mol. The predicted octanol–water partition coefficient (Wildman–Crippen LogP) is 2.48. The number of anilines is 2. The van der Waals surface area contributed by atoms with Crippen LogP contribution >= 0.6 is 7.14 Å². The molecule has 0 atom stereocenters. The van der Waals surface area contributed by atoms with Gasteiger partial charge in [-0.1, -0.05) is 27.7 Å². The average Bonchev–Trinajstić information content (AvgIpc) is 2.42. The Morgan fingerprint density at radius 3 is 2.23 bits per heavy atom. The Bertz CT molecular complexity index is 537. The Hall–Kier alpha value is -1.33. The van der Waals surface area contributed by atoms with Gasteiger partial charge in [-0.05, 0) is 6.92 Å². The number of hydrogen-bond donors (Lipinski definition) is 2. The molecule has 7 nitrogen and oxygen atoms in total. The third kappa shape index (κ3) is 4.58. The van der Waals surface area contributed by atoms with E-state index in [0.717, 1.165) is 0 Å².